The predicted octanol–water partition coefficient (Wildman–Crippen LogP) is 3.70. The van der Waals surface area contributed by atoms with Crippen LogP contribution in [0.2, 0.25) is 0 Å². The largest absolute Gasteiger partial charge is 0.481 e. The van der Waals surface area contributed by atoms with Gasteiger partial charge in [-0.3, -0.25) is 9.59 Å². The molecule has 0 fully saturated rings. The summed E-state index contributed by atoms with van der Waals surface area (Å²) < 4.78 is 13.3. The fraction of sp³-hybridized carbons (Fsp3) is 0.500. The van der Waals surface area contributed by atoms with E-state index >= 15 is 0 Å². The summed E-state index contributed by atoms with van der Waals surface area (Å²) in [5.41, 5.74) is 0.465. The number of benzene rings is 1. The van der Waals surface area contributed by atoms with Crippen molar-refractivity contribution in [2.75, 3.05) is 12.8 Å². The maximum atomic E-state index is 13.3. The Hall–Kier alpha value is -1.56. The molecule has 0 aliphatic heterocycles. The topological polar surface area (TPSA) is 66.4 Å². The molecule has 0 aliphatic rings. The first-order valence-corrected chi connectivity index (χ1v) is 8.60. The number of carbonyl (C=O) groups excluding carboxylic acids is 1. The minimum Gasteiger partial charge on any atom is -0.481 e. The van der Waals surface area contributed by atoms with Crippen LogP contribution in [0.1, 0.15) is 48.9 Å². The molecule has 2 N–H and O–H groups in total. The highest BCUT2D eigenvalue weighted by Gasteiger charge is 2.08. The Morgan fingerprint density at radius 1 is 1.18 bits per heavy atom. The molecule has 0 aromatic heterocycles. The molecule has 0 heterocycles. The zero-order valence-corrected chi connectivity index (χ0v) is 13.5. The van der Waals surface area contributed by atoms with Gasteiger partial charge in [-0.2, -0.15) is 0 Å². The Morgan fingerprint density at radius 2 is 1.86 bits per heavy atom. The van der Waals surface area contributed by atoms with E-state index in [1.54, 1.807) is 12.3 Å². The van der Waals surface area contributed by atoms with Crippen LogP contribution < -0.4 is 5.32 Å². The van der Waals surface area contributed by atoms with Gasteiger partial charge in [0.05, 0.1) is 0 Å². The predicted molar refractivity (Wildman–Crippen MR) is 85.9 cm³/mol. The van der Waals surface area contributed by atoms with Crippen LogP contribution in [-0.2, 0) is 4.79 Å². The number of aliphatic carboxylic acids is 1. The molecule has 0 spiro atoms. The van der Waals surface area contributed by atoms with Crippen LogP contribution in [0.5, 0.6) is 0 Å². The second-order valence-corrected chi connectivity index (χ2v) is 5.86. The number of thioether (sulfide) groups is 1. The molecule has 0 saturated carbocycles. The number of hydrogen-bond acceptors (Lipinski definition) is 3. The Kier molecular flexibility index (Phi) is 8.58. The third-order valence-electron chi connectivity index (χ3n) is 3.27. The molecule has 1 rings (SSSR count). The molecule has 0 aliphatic carbocycles. The number of hydrogen-bond donors (Lipinski definition) is 2. The van der Waals surface area contributed by atoms with Crippen molar-refractivity contribution in [1.82, 2.24) is 5.32 Å². The highest BCUT2D eigenvalue weighted by atomic mass is 32.2. The molecule has 1 aromatic carbocycles. The average Bonchev–Trinajstić information content (AvgIpc) is 2.49. The van der Waals surface area contributed by atoms with Crippen LogP contribution in [0.25, 0.3) is 0 Å². The van der Waals surface area contributed by atoms with Gasteiger partial charge in [0.1, 0.15) is 5.82 Å². The zero-order valence-electron chi connectivity index (χ0n) is 12.7. The van der Waals surface area contributed by atoms with Crippen LogP contribution in [0.15, 0.2) is 23.1 Å². The van der Waals surface area contributed by atoms with Crippen molar-refractivity contribution in [1.29, 1.82) is 0 Å². The summed E-state index contributed by atoms with van der Waals surface area (Å²) in [6.07, 6.45) is 6.37. The molecular weight excluding hydrogens is 305 g/mol. The molecule has 22 heavy (non-hydrogen) atoms. The minimum atomic E-state index is -0.754. The van der Waals surface area contributed by atoms with Crippen LogP contribution in [0.3, 0.4) is 0 Å². The molecule has 0 atom stereocenters. The highest BCUT2D eigenvalue weighted by Crippen LogP contribution is 2.20. The molecule has 1 aromatic rings. The monoisotopic (exact) mass is 327 g/mol. The van der Waals surface area contributed by atoms with Gasteiger partial charge in [0.25, 0.3) is 5.91 Å². The summed E-state index contributed by atoms with van der Waals surface area (Å²) in [5, 5.41) is 11.3. The Balaban J connectivity index is 2.19. The molecule has 6 heteroatoms. The quantitative estimate of drug-likeness (QED) is 0.508. The molecule has 4 nitrogen and oxygen atoms in total. The van der Waals surface area contributed by atoms with E-state index in [0.717, 1.165) is 25.7 Å². The number of carbonyl (C=O) groups is 2. The molecule has 0 radical (unpaired) electrons. The van der Waals surface area contributed by atoms with Crippen LogP contribution >= 0.6 is 11.8 Å². The lowest BCUT2D eigenvalue weighted by molar-refractivity contribution is -0.137. The molecule has 122 valence electrons. The van der Waals surface area contributed by atoms with E-state index in [4.69, 9.17) is 5.11 Å². The standard InChI is InChI=1S/C16H22FNO3S/c1-22-14-11-12(8-9-13(14)17)16(21)18-10-6-4-2-3-5-7-15(19)20/h8-9,11H,2-7,10H2,1H3,(H,18,21)(H,19,20). The summed E-state index contributed by atoms with van der Waals surface area (Å²) >= 11 is 1.27. The van der Waals surface area contributed by atoms with E-state index in [9.17, 15) is 14.0 Å². The molecular formula is C16H22FNO3S. The van der Waals surface area contributed by atoms with E-state index in [1.165, 1.54) is 23.9 Å². The van der Waals surface area contributed by atoms with E-state index in [0.29, 0.717) is 23.4 Å². The van der Waals surface area contributed by atoms with Gasteiger partial charge in [0.15, 0.2) is 0 Å². The molecule has 1 amide bonds. The lowest BCUT2D eigenvalue weighted by Gasteiger charge is -2.07. The fourth-order valence-corrected chi connectivity index (χ4v) is 2.54. The number of nitrogens with one attached hydrogen (secondary N) is 1. The van der Waals surface area contributed by atoms with Crippen molar-refractivity contribution < 1.29 is 19.1 Å². The summed E-state index contributed by atoms with van der Waals surface area (Å²) in [6, 6.07) is 4.35. The number of rotatable bonds is 10. The normalized spacial score (nSPS) is 10.5. The lowest BCUT2D eigenvalue weighted by Crippen LogP contribution is -2.24. The summed E-state index contributed by atoms with van der Waals surface area (Å²) in [6.45, 7) is 0.573. The first kappa shape index (κ1) is 18.5. The average molecular weight is 327 g/mol. The van der Waals surface area contributed by atoms with Crippen LogP contribution in [-0.4, -0.2) is 29.8 Å². The number of carboxylic acids is 1. The van der Waals surface area contributed by atoms with Gasteiger partial charge >= 0.3 is 5.97 Å². The van der Waals surface area contributed by atoms with Gasteiger partial charge < -0.3 is 10.4 Å². The second-order valence-electron chi connectivity index (χ2n) is 5.02. The third-order valence-corrected chi connectivity index (χ3v) is 4.02. The maximum absolute atomic E-state index is 13.3. The SMILES string of the molecule is CSc1cc(C(=O)NCCCCCCCC(=O)O)ccc1F. The van der Waals surface area contributed by atoms with Gasteiger partial charge in [0.2, 0.25) is 0 Å². The van der Waals surface area contributed by atoms with E-state index in [2.05, 4.69) is 5.32 Å². The third kappa shape index (κ3) is 6.93. The van der Waals surface area contributed by atoms with Crippen molar-refractivity contribution in [2.45, 2.75) is 43.4 Å². The van der Waals surface area contributed by atoms with E-state index in [1.807, 2.05) is 0 Å². The molecule has 0 bridgehead atoms. The Morgan fingerprint density at radius 3 is 2.55 bits per heavy atom. The molecule has 0 saturated heterocycles. The summed E-state index contributed by atoms with van der Waals surface area (Å²) in [4.78, 5) is 22.7. The van der Waals surface area contributed by atoms with Gasteiger partial charge in [-0.05, 0) is 37.3 Å². The van der Waals surface area contributed by atoms with Crippen molar-refractivity contribution in [3.63, 3.8) is 0 Å². The number of unbranched alkanes of at least 4 members (excludes halogenated alkanes) is 4. The van der Waals surface area contributed by atoms with Gasteiger partial charge in [-0.25, -0.2) is 4.39 Å². The first-order chi connectivity index (χ1) is 10.5. The first-order valence-electron chi connectivity index (χ1n) is 7.38. The fourth-order valence-electron chi connectivity index (χ4n) is 2.04. The van der Waals surface area contributed by atoms with Crippen molar-refractivity contribution >= 4 is 23.6 Å². The van der Waals surface area contributed by atoms with Gasteiger partial charge in [-0.15, -0.1) is 11.8 Å². The smallest absolute Gasteiger partial charge is 0.303 e. The number of amides is 1. The Labute approximate surface area is 134 Å². The van der Waals surface area contributed by atoms with Crippen molar-refractivity contribution in [3.8, 4) is 0 Å². The van der Waals surface area contributed by atoms with Crippen LogP contribution in [0, 0.1) is 5.82 Å². The summed E-state index contributed by atoms with van der Waals surface area (Å²) in [5.74, 6) is -1.26. The maximum Gasteiger partial charge on any atom is 0.303 e. The minimum absolute atomic E-state index is 0.193. The lowest BCUT2D eigenvalue weighted by atomic mass is 10.1. The number of carboxylic acid groups (broad SMARTS) is 1. The second kappa shape index (κ2) is 10.2. The van der Waals surface area contributed by atoms with E-state index < -0.39 is 5.97 Å². The van der Waals surface area contributed by atoms with Gasteiger partial charge in [0, 0.05) is 23.4 Å². The van der Waals surface area contributed by atoms with E-state index in [-0.39, 0.29) is 18.1 Å². The number of halogens is 1. The summed E-state index contributed by atoms with van der Waals surface area (Å²) in [7, 11) is 0. The van der Waals surface area contributed by atoms with Gasteiger partial charge in [-0.1, -0.05) is 19.3 Å². The van der Waals surface area contributed by atoms with Crippen molar-refractivity contribution in [3.05, 3.63) is 29.6 Å². The zero-order chi connectivity index (χ0) is 16.4. The van der Waals surface area contributed by atoms with Crippen molar-refractivity contribution in [2.24, 2.45) is 0 Å². The van der Waals surface area contributed by atoms with Crippen LogP contribution in [0.4, 0.5) is 4.39 Å². The molecule has 0 unspecified atom stereocenters. The highest BCUT2D eigenvalue weighted by molar-refractivity contribution is 7.98. The Bertz CT molecular complexity index is 508.